The quantitative estimate of drug-likeness (QED) is 0.528. The molecule has 0 N–H and O–H groups in total. The molecule has 0 aliphatic heterocycles. The fourth-order valence-corrected chi connectivity index (χ4v) is 3.59. The Hall–Kier alpha value is -0.260. The summed E-state index contributed by atoms with van der Waals surface area (Å²) in [5, 5.41) is 0. The first kappa shape index (κ1) is 10.3. The van der Waals surface area contributed by atoms with Crippen LogP contribution in [0.15, 0.2) is 12.2 Å². The van der Waals surface area contributed by atoms with Gasteiger partial charge in [0.25, 0.3) is 0 Å². The summed E-state index contributed by atoms with van der Waals surface area (Å²) >= 11 is 0. The van der Waals surface area contributed by atoms with Crippen molar-refractivity contribution in [3.8, 4) is 0 Å². The highest BCUT2D eigenvalue weighted by Crippen LogP contribution is 2.54. The van der Waals surface area contributed by atoms with Crippen LogP contribution in [0.5, 0.6) is 0 Å². The van der Waals surface area contributed by atoms with Crippen LogP contribution in [-0.2, 0) is 0 Å². The van der Waals surface area contributed by atoms with Crippen LogP contribution in [0.2, 0.25) is 0 Å². The third-order valence-corrected chi connectivity index (χ3v) is 4.77. The van der Waals surface area contributed by atoms with Crippen molar-refractivity contribution in [1.29, 1.82) is 0 Å². The third-order valence-electron chi connectivity index (χ3n) is 4.77. The second-order valence-electron chi connectivity index (χ2n) is 5.46. The predicted octanol–water partition coefficient (Wildman–Crippen LogP) is 4.70. The summed E-state index contributed by atoms with van der Waals surface area (Å²) < 4.78 is 0. The third kappa shape index (κ3) is 1.76. The molecule has 0 aromatic rings. The van der Waals surface area contributed by atoms with Gasteiger partial charge < -0.3 is 0 Å². The zero-order valence-electron chi connectivity index (χ0n) is 9.65. The molecule has 0 aromatic heterocycles. The molecule has 2 rings (SSSR count). The van der Waals surface area contributed by atoms with E-state index in [0.717, 1.165) is 11.3 Å². The minimum absolute atomic E-state index is 0.762. The Balaban J connectivity index is 2.04. The van der Waals surface area contributed by atoms with Crippen molar-refractivity contribution in [2.45, 2.75) is 64.7 Å². The summed E-state index contributed by atoms with van der Waals surface area (Å²) in [6.07, 6.45) is 12.9. The van der Waals surface area contributed by atoms with Crippen LogP contribution >= 0.6 is 0 Å². The Morgan fingerprint density at radius 3 is 2.57 bits per heavy atom. The standard InChI is InChI=1S/C14H24/c1-3-13-7-4-6-12(2)8-11-14(13)9-5-10-14/h13H,2-11H2,1H3. The monoisotopic (exact) mass is 192 g/mol. The van der Waals surface area contributed by atoms with E-state index < -0.39 is 0 Å². The molecule has 0 amide bonds. The van der Waals surface area contributed by atoms with Crippen LogP contribution in [0.1, 0.15) is 64.7 Å². The van der Waals surface area contributed by atoms with Gasteiger partial charge in [0.15, 0.2) is 0 Å². The fourth-order valence-electron chi connectivity index (χ4n) is 3.59. The van der Waals surface area contributed by atoms with Crippen LogP contribution in [0, 0.1) is 11.3 Å². The zero-order valence-corrected chi connectivity index (χ0v) is 9.65. The van der Waals surface area contributed by atoms with E-state index in [0.29, 0.717) is 0 Å². The molecule has 14 heavy (non-hydrogen) atoms. The predicted molar refractivity (Wildman–Crippen MR) is 62.3 cm³/mol. The van der Waals surface area contributed by atoms with Gasteiger partial charge in [0, 0.05) is 0 Å². The van der Waals surface area contributed by atoms with Crippen LogP contribution in [-0.4, -0.2) is 0 Å². The van der Waals surface area contributed by atoms with Gasteiger partial charge in [-0.15, -0.1) is 0 Å². The van der Waals surface area contributed by atoms with E-state index in [-0.39, 0.29) is 0 Å². The lowest BCUT2D eigenvalue weighted by molar-refractivity contribution is 0.0258. The largest absolute Gasteiger partial charge is 0.0999 e. The Kier molecular flexibility index (Phi) is 2.99. The van der Waals surface area contributed by atoms with E-state index in [1.54, 1.807) is 0 Å². The van der Waals surface area contributed by atoms with Crippen LogP contribution in [0.3, 0.4) is 0 Å². The van der Waals surface area contributed by atoms with Gasteiger partial charge in [-0.25, -0.2) is 0 Å². The molecular formula is C14H24. The van der Waals surface area contributed by atoms with Crippen molar-refractivity contribution in [3.05, 3.63) is 12.2 Å². The average Bonchev–Trinajstić information content (AvgIpc) is 2.09. The van der Waals surface area contributed by atoms with E-state index in [2.05, 4.69) is 13.5 Å². The second-order valence-corrected chi connectivity index (χ2v) is 5.46. The van der Waals surface area contributed by atoms with Crippen molar-refractivity contribution in [1.82, 2.24) is 0 Å². The minimum atomic E-state index is 0.762. The van der Waals surface area contributed by atoms with Gasteiger partial charge in [-0.1, -0.05) is 31.9 Å². The fraction of sp³-hybridized carbons (Fsp3) is 0.857. The lowest BCUT2D eigenvalue weighted by atomic mass is 9.56. The van der Waals surface area contributed by atoms with E-state index in [1.165, 1.54) is 63.4 Å². The molecule has 0 aromatic carbocycles. The van der Waals surface area contributed by atoms with Crippen molar-refractivity contribution in [2.75, 3.05) is 0 Å². The Morgan fingerprint density at radius 1 is 1.21 bits per heavy atom. The van der Waals surface area contributed by atoms with Gasteiger partial charge in [-0.05, 0) is 56.3 Å². The maximum absolute atomic E-state index is 4.19. The van der Waals surface area contributed by atoms with Crippen LogP contribution in [0.4, 0.5) is 0 Å². The van der Waals surface area contributed by atoms with E-state index >= 15 is 0 Å². The van der Waals surface area contributed by atoms with Crippen molar-refractivity contribution >= 4 is 0 Å². The number of hydrogen-bond acceptors (Lipinski definition) is 0. The van der Waals surface area contributed by atoms with Crippen molar-refractivity contribution < 1.29 is 0 Å². The number of hydrogen-bond donors (Lipinski definition) is 0. The maximum Gasteiger partial charge on any atom is -0.0266 e. The van der Waals surface area contributed by atoms with Gasteiger partial charge >= 0.3 is 0 Å². The molecular weight excluding hydrogens is 168 g/mol. The average molecular weight is 192 g/mol. The lowest BCUT2D eigenvalue weighted by Gasteiger charge is -2.49. The van der Waals surface area contributed by atoms with E-state index in [4.69, 9.17) is 0 Å². The normalized spacial score (nSPS) is 32.1. The van der Waals surface area contributed by atoms with Gasteiger partial charge in [0.1, 0.15) is 0 Å². The SMILES string of the molecule is C=C1CCCC(CC)C2(CCC2)CC1. The molecule has 2 saturated carbocycles. The molecule has 0 heterocycles. The Bertz CT molecular complexity index is 210. The molecule has 0 radical (unpaired) electrons. The molecule has 0 bridgehead atoms. The Morgan fingerprint density at radius 2 is 2.00 bits per heavy atom. The molecule has 2 aliphatic carbocycles. The highest BCUT2D eigenvalue weighted by Gasteiger charge is 2.42. The minimum Gasteiger partial charge on any atom is -0.0999 e. The highest BCUT2D eigenvalue weighted by atomic mass is 14.5. The molecule has 0 nitrogen and oxygen atoms in total. The van der Waals surface area contributed by atoms with E-state index in [1.807, 2.05) is 0 Å². The van der Waals surface area contributed by atoms with Gasteiger partial charge in [-0.3, -0.25) is 0 Å². The molecule has 1 spiro atoms. The van der Waals surface area contributed by atoms with Gasteiger partial charge in [0.05, 0.1) is 0 Å². The second kappa shape index (κ2) is 4.08. The highest BCUT2D eigenvalue weighted by molar-refractivity contribution is 5.02. The molecule has 1 unspecified atom stereocenters. The van der Waals surface area contributed by atoms with Crippen LogP contribution in [0.25, 0.3) is 0 Å². The molecule has 2 aliphatic rings. The molecule has 80 valence electrons. The first-order valence-electron chi connectivity index (χ1n) is 6.43. The smallest absolute Gasteiger partial charge is 0.0266 e. The summed E-state index contributed by atoms with van der Waals surface area (Å²) in [5.74, 6) is 1.03. The lowest BCUT2D eigenvalue weighted by Crippen LogP contribution is -2.38. The van der Waals surface area contributed by atoms with Gasteiger partial charge in [0.2, 0.25) is 0 Å². The first-order chi connectivity index (χ1) is 6.77. The summed E-state index contributed by atoms with van der Waals surface area (Å²) in [5.41, 5.74) is 2.28. The zero-order chi connectivity index (χ0) is 10.0. The van der Waals surface area contributed by atoms with Crippen molar-refractivity contribution in [3.63, 3.8) is 0 Å². The molecule has 0 heteroatoms. The molecule has 2 fully saturated rings. The summed E-state index contributed by atoms with van der Waals surface area (Å²) in [6, 6.07) is 0. The number of allylic oxidation sites excluding steroid dienone is 1. The summed E-state index contributed by atoms with van der Waals surface area (Å²) in [4.78, 5) is 0. The Labute approximate surface area is 88.8 Å². The van der Waals surface area contributed by atoms with Crippen molar-refractivity contribution in [2.24, 2.45) is 11.3 Å². The van der Waals surface area contributed by atoms with Gasteiger partial charge in [-0.2, -0.15) is 0 Å². The van der Waals surface area contributed by atoms with E-state index in [9.17, 15) is 0 Å². The topological polar surface area (TPSA) is 0 Å². The summed E-state index contributed by atoms with van der Waals surface area (Å²) in [7, 11) is 0. The maximum atomic E-state index is 4.19. The van der Waals surface area contributed by atoms with Crippen LogP contribution < -0.4 is 0 Å². The summed E-state index contributed by atoms with van der Waals surface area (Å²) in [6.45, 7) is 6.58. The molecule has 1 atom stereocenters. The number of rotatable bonds is 1. The molecule has 0 saturated heterocycles. The first-order valence-corrected chi connectivity index (χ1v) is 6.43.